The van der Waals surface area contributed by atoms with Crippen LogP contribution < -0.4 is 4.74 Å². The molecule has 0 spiro atoms. The molecule has 0 heterocycles. The van der Waals surface area contributed by atoms with Crippen LogP contribution >= 0.6 is 0 Å². The van der Waals surface area contributed by atoms with Gasteiger partial charge in [0, 0.05) is 0 Å². The van der Waals surface area contributed by atoms with Gasteiger partial charge in [-0.2, -0.15) is 0 Å². The van der Waals surface area contributed by atoms with E-state index in [9.17, 15) is 9.18 Å². The monoisotopic (exact) mass is 246 g/mol. The fourth-order valence-electron chi connectivity index (χ4n) is 1.55. The second kappa shape index (κ2) is 5.42. The molecule has 18 heavy (non-hydrogen) atoms. The van der Waals surface area contributed by atoms with Crippen molar-refractivity contribution in [3.63, 3.8) is 0 Å². The average molecular weight is 246 g/mol. The highest BCUT2D eigenvalue weighted by Gasteiger charge is 2.09. The van der Waals surface area contributed by atoms with Crippen molar-refractivity contribution in [2.75, 3.05) is 0 Å². The number of halogens is 1. The first-order valence-electron chi connectivity index (χ1n) is 5.36. The molecule has 2 aromatic carbocycles. The fourth-order valence-corrected chi connectivity index (χ4v) is 1.55. The lowest BCUT2D eigenvalue weighted by molar-refractivity contribution is 0.111. The van der Waals surface area contributed by atoms with Crippen LogP contribution in [0.15, 0.2) is 42.5 Å². The van der Waals surface area contributed by atoms with E-state index < -0.39 is 5.82 Å². The van der Waals surface area contributed by atoms with Crippen molar-refractivity contribution in [2.45, 2.75) is 6.61 Å². The molecule has 1 N–H and O–H groups in total. The zero-order valence-electron chi connectivity index (χ0n) is 9.47. The van der Waals surface area contributed by atoms with E-state index in [0.29, 0.717) is 17.6 Å². The number of carbonyl (C=O) groups excluding carboxylic acids is 1. The molecule has 0 aromatic heterocycles. The molecule has 0 bridgehead atoms. The van der Waals surface area contributed by atoms with Gasteiger partial charge in [0.15, 0.2) is 6.29 Å². The first-order chi connectivity index (χ1) is 8.74. The lowest BCUT2D eigenvalue weighted by atomic mass is 10.2. The highest BCUT2D eigenvalue weighted by atomic mass is 19.1. The van der Waals surface area contributed by atoms with Gasteiger partial charge in [-0.3, -0.25) is 4.79 Å². The summed E-state index contributed by atoms with van der Waals surface area (Å²) in [5.74, 6) is -0.0313. The van der Waals surface area contributed by atoms with Crippen LogP contribution in [0.5, 0.6) is 11.5 Å². The number of aldehydes is 1. The summed E-state index contributed by atoms with van der Waals surface area (Å²) in [7, 11) is 0. The number of carbonyl (C=O) groups is 1. The molecular weight excluding hydrogens is 235 g/mol. The predicted octanol–water partition coefficient (Wildman–Crippen LogP) is 2.92. The molecular formula is C14H11FO3. The number of aliphatic hydroxyl groups excluding tert-OH is 1. The predicted molar refractivity (Wildman–Crippen MR) is 64.2 cm³/mol. The third-order valence-electron chi connectivity index (χ3n) is 2.44. The Labute approximate surface area is 103 Å². The number of benzene rings is 2. The first-order valence-corrected chi connectivity index (χ1v) is 5.36. The number of aliphatic hydroxyl groups is 1. The Balaban J connectivity index is 2.33. The summed E-state index contributed by atoms with van der Waals surface area (Å²) in [5, 5.41) is 9.00. The molecule has 0 aliphatic rings. The van der Waals surface area contributed by atoms with Crippen LogP contribution in [0.2, 0.25) is 0 Å². The number of ether oxygens (including phenoxy) is 1. The van der Waals surface area contributed by atoms with Crippen LogP contribution in [-0.4, -0.2) is 11.4 Å². The third-order valence-corrected chi connectivity index (χ3v) is 2.44. The minimum atomic E-state index is -0.624. The van der Waals surface area contributed by atoms with Gasteiger partial charge in [-0.05, 0) is 29.8 Å². The number of rotatable bonds is 4. The van der Waals surface area contributed by atoms with Crippen molar-refractivity contribution in [1.82, 2.24) is 0 Å². The highest BCUT2D eigenvalue weighted by Crippen LogP contribution is 2.26. The second-order valence-corrected chi connectivity index (χ2v) is 3.68. The van der Waals surface area contributed by atoms with E-state index in [1.165, 1.54) is 18.2 Å². The van der Waals surface area contributed by atoms with E-state index in [1.807, 2.05) is 0 Å². The molecule has 0 aliphatic carbocycles. The zero-order chi connectivity index (χ0) is 13.0. The zero-order valence-corrected chi connectivity index (χ0v) is 9.47. The molecule has 2 rings (SSSR count). The lowest BCUT2D eigenvalue weighted by Crippen LogP contribution is -1.94. The minimum absolute atomic E-state index is 0.110. The Morgan fingerprint density at radius 2 is 2.00 bits per heavy atom. The van der Waals surface area contributed by atoms with Gasteiger partial charge in [0.2, 0.25) is 0 Å². The van der Waals surface area contributed by atoms with Gasteiger partial charge in [0.25, 0.3) is 0 Å². The Hall–Kier alpha value is -2.20. The van der Waals surface area contributed by atoms with E-state index in [-0.39, 0.29) is 17.9 Å². The normalized spacial score (nSPS) is 10.1. The molecule has 0 saturated carbocycles. The van der Waals surface area contributed by atoms with Crippen molar-refractivity contribution in [2.24, 2.45) is 0 Å². The smallest absolute Gasteiger partial charge is 0.156 e. The van der Waals surface area contributed by atoms with E-state index in [0.717, 1.165) is 0 Å². The topological polar surface area (TPSA) is 46.5 Å². The Morgan fingerprint density at radius 1 is 1.22 bits per heavy atom. The molecule has 92 valence electrons. The number of hydrogen-bond donors (Lipinski definition) is 1. The summed E-state index contributed by atoms with van der Waals surface area (Å²) >= 11 is 0. The van der Waals surface area contributed by atoms with Crippen molar-refractivity contribution < 1.29 is 19.0 Å². The summed E-state index contributed by atoms with van der Waals surface area (Å²) in [6.07, 6.45) is 0.417. The van der Waals surface area contributed by atoms with E-state index in [1.54, 1.807) is 24.3 Å². The van der Waals surface area contributed by atoms with Crippen molar-refractivity contribution >= 4 is 6.29 Å². The maximum absolute atomic E-state index is 13.3. The van der Waals surface area contributed by atoms with Crippen LogP contribution in [0.1, 0.15) is 15.9 Å². The molecule has 4 heteroatoms. The van der Waals surface area contributed by atoms with Crippen LogP contribution in [-0.2, 0) is 6.61 Å². The Bertz CT molecular complexity index is 567. The lowest BCUT2D eigenvalue weighted by Gasteiger charge is -2.09. The molecule has 3 nitrogen and oxygen atoms in total. The summed E-state index contributed by atoms with van der Waals surface area (Å²) in [6.45, 7) is -0.110. The molecule has 0 atom stereocenters. The average Bonchev–Trinajstić information content (AvgIpc) is 2.39. The van der Waals surface area contributed by atoms with Crippen LogP contribution in [0.25, 0.3) is 0 Å². The molecule has 2 aromatic rings. The third kappa shape index (κ3) is 2.55. The maximum atomic E-state index is 13.3. The second-order valence-electron chi connectivity index (χ2n) is 3.68. The van der Waals surface area contributed by atoms with Gasteiger partial charge in [0.05, 0.1) is 12.2 Å². The molecule has 0 fully saturated rings. The van der Waals surface area contributed by atoms with E-state index in [4.69, 9.17) is 9.84 Å². The molecule has 0 saturated heterocycles. The summed E-state index contributed by atoms with van der Waals surface area (Å²) < 4.78 is 18.8. The summed E-state index contributed by atoms with van der Waals surface area (Å²) in [6, 6.07) is 10.9. The van der Waals surface area contributed by atoms with Gasteiger partial charge in [0.1, 0.15) is 17.3 Å². The molecule has 0 aliphatic heterocycles. The Kier molecular flexibility index (Phi) is 3.69. The summed E-state index contributed by atoms with van der Waals surface area (Å²) in [4.78, 5) is 10.8. The van der Waals surface area contributed by atoms with Gasteiger partial charge in [-0.25, -0.2) is 4.39 Å². The largest absolute Gasteiger partial charge is 0.457 e. The van der Waals surface area contributed by atoms with Crippen LogP contribution in [0.3, 0.4) is 0 Å². The highest BCUT2D eigenvalue weighted by molar-refractivity contribution is 5.79. The van der Waals surface area contributed by atoms with E-state index >= 15 is 0 Å². The van der Waals surface area contributed by atoms with Crippen molar-refractivity contribution in [1.29, 1.82) is 0 Å². The van der Waals surface area contributed by atoms with Crippen molar-refractivity contribution in [3.8, 4) is 11.5 Å². The van der Waals surface area contributed by atoms with Crippen LogP contribution in [0.4, 0.5) is 4.39 Å². The minimum Gasteiger partial charge on any atom is -0.457 e. The van der Waals surface area contributed by atoms with Gasteiger partial charge < -0.3 is 9.84 Å². The van der Waals surface area contributed by atoms with Gasteiger partial charge >= 0.3 is 0 Å². The standard InChI is InChI=1S/C14H11FO3/c15-13-5-2-6-14(12(13)9-17)18-11-4-1-3-10(7-11)8-16/h1-7,9,16H,8H2. The summed E-state index contributed by atoms with van der Waals surface area (Å²) in [5.41, 5.74) is 0.559. The Morgan fingerprint density at radius 3 is 2.72 bits per heavy atom. The quantitative estimate of drug-likeness (QED) is 0.844. The van der Waals surface area contributed by atoms with Gasteiger partial charge in [-0.1, -0.05) is 18.2 Å². The van der Waals surface area contributed by atoms with E-state index in [2.05, 4.69) is 0 Å². The fraction of sp³-hybridized carbons (Fsp3) is 0.0714. The molecule has 0 unspecified atom stereocenters. The SMILES string of the molecule is O=Cc1c(F)cccc1Oc1cccc(CO)c1. The van der Waals surface area contributed by atoms with Gasteiger partial charge in [-0.15, -0.1) is 0 Å². The van der Waals surface area contributed by atoms with Crippen LogP contribution in [0, 0.1) is 5.82 Å². The maximum Gasteiger partial charge on any atom is 0.156 e. The molecule has 0 radical (unpaired) electrons. The first kappa shape index (κ1) is 12.3. The molecule has 0 amide bonds. The number of hydrogen-bond acceptors (Lipinski definition) is 3. The van der Waals surface area contributed by atoms with Crippen molar-refractivity contribution in [3.05, 3.63) is 59.4 Å².